The summed E-state index contributed by atoms with van der Waals surface area (Å²) in [6.45, 7) is 14.9. The summed E-state index contributed by atoms with van der Waals surface area (Å²) in [6, 6.07) is 12.6. The number of piperazine rings is 1. The highest BCUT2D eigenvalue weighted by Gasteiger charge is 2.35. The Kier molecular flexibility index (Phi) is 6.14. The molecule has 0 spiro atoms. The Morgan fingerprint density at radius 3 is 1.90 bits per heavy atom. The lowest BCUT2D eigenvalue weighted by atomic mass is 10.2. The number of hydrogen-bond acceptors (Lipinski definition) is 7. The van der Waals surface area contributed by atoms with Crippen molar-refractivity contribution in [3.05, 3.63) is 88.0 Å². The van der Waals surface area contributed by atoms with Gasteiger partial charge in [-0.1, -0.05) is 12.1 Å². The third kappa shape index (κ3) is 4.76. The summed E-state index contributed by atoms with van der Waals surface area (Å²) in [5.74, 6) is 1.56. The van der Waals surface area contributed by atoms with Crippen LogP contribution in [0.5, 0.6) is 0 Å². The number of thiazole rings is 1. The zero-order valence-corrected chi connectivity index (χ0v) is 24.3. The molecule has 0 amide bonds. The first-order valence-corrected chi connectivity index (χ1v) is 14.7. The Balaban J connectivity index is 1.17. The van der Waals surface area contributed by atoms with Gasteiger partial charge in [0, 0.05) is 48.3 Å². The molecule has 10 heteroatoms. The molecule has 0 bridgehead atoms. The van der Waals surface area contributed by atoms with Gasteiger partial charge in [-0.05, 0) is 52.0 Å². The number of nitrogens with zero attached hydrogens (tertiary/aromatic N) is 9. The van der Waals surface area contributed by atoms with E-state index < -0.39 is 0 Å². The Morgan fingerprint density at radius 2 is 1.32 bits per heavy atom. The fourth-order valence-electron chi connectivity index (χ4n) is 6.12. The van der Waals surface area contributed by atoms with Crippen LogP contribution in [-0.2, 0) is 19.6 Å². The molecule has 1 aliphatic heterocycles. The molecule has 204 valence electrons. The Morgan fingerprint density at radius 1 is 0.750 bits per heavy atom. The molecule has 7 rings (SSSR count). The lowest BCUT2D eigenvalue weighted by molar-refractivity contribution is -0.957. The van der Waals surface area contributed by atoms with Crippen LogP contribution in [0.4, 0.5) is 0 Å². The molecule has 0 unspecified atom stereocenters. The normalized spacial score (nSPS) is 16.0. The first-order chi connectivity index (χ1) is 19.3. The average molecular weight is 553 g/mol. The van der Waals surface area contributed by atoms with Gasteiger partial charge in [0.1, 0.15) is 29.5 Å². The van der Waals surface area contributed by atoms with Crippen LogP contribution in [0.25, 0.3) is 21.8 Å². The van der Waals surface area contributed by atoms with Crippen LogP contribution in [0, 0.1) is 27.7 Å². The third-order valence-corrected chi connectivity index (χ3v) is 9.12. The van der Waals surface area contributed by atoms with Crippen LogP contribution < -0.4 is 0 Å². The Labute approximate surface area is 237 Å². The van der Waals surface area contributed by atoms with Gasteiger partial charge >= 0.3 is 0 Å². The van der Waals surface area contributed by atoms with Crippen molar-refractivity contribution in [1.82, 2.24) is 38.6 Å². The fourth-order valence-corrected chi connectivity index (χ4v) is 7.13. The van der Waals surface area contributed by atoms with Gasteiger partial charge < -0.3 is 4.48 Å². The van der Waals surface area contributed by atoms with E-state index in [1.165, 1.54) is 9.71 Å². The van der Waals surface area contributed by atoms with Crippen molar-refractivity contribution in [2.24, 2.45) is 0 Å². The highest BCUT2D eigenvalue weighted by atomic mass is 32.1. The number of para-hydroxylation sites is 1. The topological polar surface area (TPSA) is 76.5 Å². The number of aryl methyl sites for hydroxylation is 4. The first-order valence-electron chi connectivity index (χ1n) is 13.9. The van der Waals surface area contributed by atoms with E-state index in [0.717, 1.165) is 102 Å². The molecule has 0 atom stereocenters. The number of hydrogen-bond donors (Lipinski definition) is 0. The van der Waals surface area contributed by atoms with Crippen LogP contribution in [0.2, 0.25) is 0 Å². The second kappa shape index (κ2) is 9.72. The van der Waals surface area contributed by atoms with E-state index in [4.69, 9.17) is 15.0 Å². The molecule has 1 saturated heterocycles. The zero-order valence-electron chi connectivity index (χ0n) is 23.5. The summed E-state index contributed by atoms with van der Waals surface area (Å²) in [5, 5.41) is 1.19. The predicted molar refractivity (Wildman–Crippen MR) is 157 cm³/mol. The SMILES string of the molecule is Cc1cc(C)n2cc(C[N+]3(Cc4cn5c(C)cc(C)nc5n4)CCN(Cc4nc5ccccc5s4)CC3)nc2n1. The number of imidazole rings is 2. The summed E-state index contributed by atoms with van der Waals surface area (Å²) in [6.07, 6.45) is 4.34. The van der Waals surface area contributed by atoms with Crippen molar-refractivity contribution in [2.75, 3.05) is 26.2 Å². The number of aromatic nitrogens is 7. The Bertz CT molecular complexity index is 1730. The molecule has 40 heavy (non-hydrogen) atoms. The third-order valence-electron chi connectivity index (χ3n) is 8.10. The van der Waals surface area contributed by atoms with Gasteiger partial charge in [0.05, 0.1) is 29.9 Å². The molecule has 5 aromatic heterocycles. The minimum Gasteiger partial charge on any atom is -0.311 e. The molecule has 6 heterocycles. The maximum Gasteiger partial charge on any atom is 0.234 e. The minimum atomic E-state index is 0.781. The van der Waals surface area contributed by atoms with Gasteiger partial charge in [-0.15, -0.1) is 11.3 Å². The van der Waals surface area contributed by atoms with Crippen LogP contribution >= 0.6 is 11.3 Å². The van der Waals surface area contributed by atoms with Gasteiger partial charge in [0.25, 0.3) is 0 Å². The molecule has 1 aromatic carbocycles. The fraction of sp³-hybridized carbons (Fsp3) is 0.367. The average Bonchev–Trinajstić information content (AvgIpc) is 3.61. The quantitative estimate of drug-likeness (QED) is 0.280. The Hall–Kier alpha value is -3.73. The second-order valence-electron chi connectivity index (χ2n) is 11.3. The smallest absolute Gasteiger partial charge is 0.234 e. The molecule has 0 N–H and O–H groups in total. The summed E-state index contributed by atoms with van der Waals surface area (Å²) in [4.78, 5) is 26.8. The van der Waals surface area contributed by atoms with Gasteiger partial charge in [-0.3, -0.25) is 13.7 Å². The summed E-state index contributed by atoms with van der Waals surface area (Å²) in [5.41, 5.74) is 7.57. The van der Waals surface area contributed by atoms with Crippen molar-refractivity contribution in [1.29, 1.82) is 0 Å². The molecule has 1 aliphatic rings. The van der Waals surface area contributed by atoms with Crippen molar-refractivity contribution in [2.45, 2.75) is 47.3 Å². The first kappa shape index (κ1) is 25.3. The van der Waals surface area contributed by atoms with Crippen molar-refractivity contribution in [3.8, 4) is 0 Å². The monoisotopic (exact) mass is 552 g/mol. The molecule has 6 aromatic rings. The van der Waals surface area contributed by atoms with E-state index >= 15 is 0 Å². The highest BCUT2D eigenvalue weighted by Crippen LogP contribution is 2.27. The van der Waals surface area contributed by atoms with Crippen molar-refractivity contribution < 1.29 is 4.48 Å². The van der Waals surface area contributed by atoms with E-state index in [-0.39, 0.29) is 0 Å². The lowest BCUT2D eigenvalue weighted by Crippen LogP contribution is -2.58. The highest BCUT2D eigenvalue weighted by molar-refractivity contribution is 7.18. The number of quaternary nitrogens is 1. The van der Waals surface area contributed by atoms with Gasteiger partial charge in [0.15, 0.2) is 0 Å². The van der Waals surface area contributed by atoms with E-state index in [0.29, 0.717) is 0 Å². The summed E-state index contributed by atoms with van der Waals surface area (Å²) in [7, 11) is 0. The van der Waals surface area contributed by atoms with Crippen molar-refractivity contribution in [3.63, 3.8) is 0 Å². The summed E-state index contributed by atoms with van der Waals surface area (Å²) < 4.78 is 6.39. The van der Waals surface area contributed by atoms with Gasteiger partial charge in [-0.2, -0.15) is 0 Å². The van der Waals surface area contributed by atoms with E-state index in [1.54, 1.807) is 0 Å². The van der Waals surface area contributed by atoms with Gasteiger partial charge in [0.2, 0.25) is 11.6 Å². The van der Waals surface area contributed by atoms with Crippen LogP contribution in [-0.4, -0.2) is 69.3 Å². The second-order valence-corrected chi connectivity index (χ2v) is 12.5. The van der Waals surface area contributed by atoms with E-state index in [2.05, 4.69) is 86.3 Å². The molecule has 0 saturated carbocycles. The predicted octanol–water partition coefficient (Wildman–Crippen LogP) is 4.65. The molecular formula is C30H34N9S+. The maximum atomic E-state index is 4.97. The number of benzene rings is 1. The van der Waals surface area contributed by atoms with Gasteiger partial charge in [-0.25, -0.2) is 24.9 Å². The van der Waals surface area contributed by atoms with Crippen LogP contribution in [0.3, 0.4) is 0 Å². The molecular weight excluding hydrogens is 518 g/mol. The van der Waals surface area contributed by atoms with Crippen LogP contribution in [0.1, 0.15) is 39.2 Å². The van der Waals surface area contributed by atoms with Crippen molar-refractivity contribution >= 4 is 33.1 Å². The van der Waals surface area contributed by atoms with Crippen LogP contribution in [0.15, 0.2) is 48.8 Å². The molecule has 9 nitrogen and oxygen atoms in total. The molecule has 0 aliphatic carbocycles. The number of rotatable bonds is 6. The molecule has 0 radical (unpaired) electrons. The van der Waals surface area contributed by atoms with E-state index in [1.807, 2.05) is 25.2 Å². The maximum absolute atomic E-state index is 4.97. The minimum absolute atomic E-state index is 0.781. The largest absolute Gasteiger partial charge is 0.311 e. The summed E-state index contributed by atoms with van der Waals surface area (Å²) >= 11 is 1.81. The lowest BCUT2D eigenvalue weighted by Gasteiger charge is -2.44. The zero-order chi connectivity index (χ0) is 27.4. The number of fused-ring (bicyclic) bond motifs is 3. The van der Waals surface area contributed by atoms with E-state index in [9.17, 15) is 0 Å². The standard InChI is InChI=1S/C30H34N9S/c1-20-13-22(3)37-15-24(33-29(37)31-20)18-39(19-25-16-38-23(4)14-21(2)32-30(38)34-25)11-9-36(10-12-39)17-28-35-26-7-5-6-8-27(26)40-28/h5-8,13-16H,9-12,17-19H2,1-4H3/q+1. The molecule has 1 fully saturated rings.